The highest BCUT2D eigenvalue weighted by molar-refractivity contribution is 6.01. The number of methoxy groups -OCH3 is 2. The average Bonchev–Trinajstić information content (AvgIpc) is 3.74. The van der Waals surface area contributed by atoms with Gasteiger partial charge in [0.25, 0.3) is 11.9 Å². The molecule has 3 aromatic heterocycles. The van der Waals surface area contributed by atoms with E-state index in [-0.39, 0.29) is 18.8 Å². The SMILES string of the molecule is C#N.CC(=O)O.CC(=O)O.COC.COc1ccc2c(C=O)cn(C(=O)OCC3CCC(c4ccc5c(N)ncnn45)O3)c2c1. The normalized spacial score (nSPS) is 14.6. The van der Waals surface area contributed by atoms with Crippen LogP contribution in [0.25, 0.3) is 16.4 Å². The molecule has 0 saturated carbocycles. The number of carbonyl (C=O) groups excluding carboxylic acids is 2. The van der Waals surface area contributed by atoms with Crippen LogP contribution < -0.4 is 10.5 Å². The predicted octanol–water partition coefficient (Wildman–Crippen LogP) is 3.58. The number of anilines is 1. The molecular weight excluding hydrogens is 592 g/mol. The number of carboxylic acid groups (broad SMARTS) is 2. The number of rotatable bonds is 5. The lowest BCUT2D eigenvalue weighted by Gasteiger charge is -2.14. The minimum absolute atomic E-state index is 0.0931. The highest BCUT2D eigenvalue weighted by Crippen LogP contribution is 2.34. The minimum Gasteiger partial charge on any atom is -0.497 e. The van der Waals surface area contributed by atoms with Crippen LogP contribution in [-0.2, 0) is 23.8 Å². The highest BCUT2D eigenvalue weighted by atomic mass is 16.6. The number of aliphatic carboxylic acids is 2. The van der Waals surface area contributed by atoms with Gasteiger partial charge in [-0.25, -0.2) is 19.6 Å². The Bertz CT molecular complexity index is 1580. The average molecular weight is 629 g/mol. The van der Waals surface area contributed by atoms with Crippen molar-refractivity contribution in [2.75, 3.05) is 33.7 Å². The molecule has 16 heteroatoms. The van der Waals surface area contributed by atoms with Crippen molar-refractivity contribution in [3.8, 4) is 12.3 Å². The van der Waals surface area contributed by atoms with E-state index >= 15 is 0 Å². The molecule has 1 aliphatic rings. The number of carboxylic acids is 2. The number of aromatic nitrogens is 4. The summed E-state index contributed by atoms with van der Waals surface area (Å²) in [6, 6.07) is 8.94. The van der Waals surface area contributed by atoms with Crippen LogP contribution in [0, 0.1) is 11.8 Å². The Morgan fingerprint density at radius 1 is 1.09 bits per heavy atom. The Morgan fingerprint density at radius 2 is 1.71 bits per heavy atom. The van der Waals surface area contributed by atoms with Crippen LogP contribution in [0.3, 0.4) is 0 Å². The molecule has 5 rings (SSSR count). The second kappa shape index (κ2) is 18.9. The van der Waals surface area contributed by atoms with Crippen LogP contribution in [0.1, 0.15) is 48.8 Å². The molecular formula is C29H36N6O10. The van der Waals surface area contributed by atoms with Gasteiger partial charge in [0.1, 0.15) is 30.3 Å². The first-order valence-electron chi connectivity index (χ1n) is 13.1. The van der Waals surface area contributed by atoms with Gasteiger partial charge < -0.3 is 34.9 Å². The van der Waals surface area contributed by atoms with E-state index in [0.29, 0.717) is 34.3 Å². The van der Waals surface area contributed by atoms with Crippen LogP contribution in [0.2, 0.25) is 0 Å². The zero-order valence-corrected chi connectivity index (χ0v) is 25.4. The quantitative estimate of drug-likeness (QED) is 0.268. The van der Waals surface area contributed by atoms with E-state index < -0.39 is 18.0 Å². The first kappa shape index (κ1) is 37.5. The topological polar surface area (TPSA) is 231 Å². The number of nitrogens with two attached hydrogens (primary N) is 1. The zero-order valence-electron chi connectivity index (χ0n) is 25.4. The number of hydrogen-bond acceptors (Lipinski definition) is 12. The highest BCUT2D eigenvalue weighted by Gasteiger charge is 2.30. The fraction of sp³-hybridized carbons (Fsp3) is 0.345. The van der Waals surface area contributed by atoms with E-state index in [1.807, 2.05) is 12.1 Å². The standard InChI is InChI=1S/C22H21N5O5.2C2H4O2.C2H6O.CHN/c1-30-14-2-4-16-13(10-28)9-26(19(16)8-14)22(29)31-11-15-3-7-20(32-15)17-5-6-18-21(23)24-12-25-27(17)18;2*1-2(3)4;1-3-2;1-2/h2,4-6,8-10,12,15,20H,3,7,11H2,1H3,(H2,23,24,25);2*1H3,(H,3,4);1-2H3;1H. The number of nitrogens with zero attached hydrogens (tertiary/aromatic N) is 5. The molecule has 4 aromatic rings. The largest absolute Gasteiger partial charge is 0.497 e. The lowest BCUT2D eigenvalue weighted by atomic mass is 10.1. The van der Waals surface area contributed by atoms with Crippen molar-refractivity contribution in [3.05, 3.63) is 54.1 Å². The Balaban J connectivity index is 0.000000672. The van der Waals surface area contributed by atoms with E-state index in [1.165, 1.54) is 24.2 Å². The van der Waals surface area contributed by atoms with Crippen LogP contribution in [-0.4, -0.2) is 87.7 Å². The van der Waals surface area contributed by atoms with Gasteiger partial charge in [0.15, 0.2) is 12.1 Å². The molecule has 0 spiro atoms. The van der Waals surface area contributed by atoms with Gasteiger partial charge in [-0.05, 0) is 37.1 Å². The van der Waals surface area contributed by atoms with Gasteiger partial charge in [-0.15, -0.1) is 0 Å². The lowest BCUT2D eigenvalue weighted by molar-refractivity contribution is -0.135. The first-order chi connectivity index (χ1) is 21.5. The van der Waals surface area contributed by atoms with Gasteiger partial charge >= 0.3 is 6.09 Å². The molecule has 1 aliphatic heterocycles. The molecule has 0 bridgehead atoms. The molecule has 0 radical (unpaired) electrons. The molecule has 2 unspecified atom stereocenters. The summed E-state index contributed by atoms with van der Waals surface area (Å²) in [5.74, 6) is -0.687. The maximum absolute atomic E-state index is 12.8. The number of benzene rings is 1. The number of nitriles is 1. The molecule has 1 aromatic carbocycles. The van der Waals surface area contributed by atoms with Gasteiger partial charge in [-0.1, -0.05) is 0 Å². The van der Waals surface area contributed by atoms with Crippen molar-refractivity contribution < 1.29 is 48.3 Å². The third kappa shape index (κ3) is 10.9. The fourth-order valence-electron chi connectivity index (χ4n) is 4.10. The van der Waals surface area contributed by atoms with Crippen molar-refractivity contribution in [2.45, 2.75) is 38.9 Å². The predicted molar refractivity (Wildman–Crippen MR) is 161 cm³/mol. The van der Waals surface area contributed by atoms with Crippen molar-refractivity contribution in [3.63, 3.8) is 0 Å². The summed E-state index contributed by atoms with van der Waals surface area (Å²) in [4.78, 5) is 46.2. The molecule has 0 amide bonds. The van der Waals surface area contributed by atoms with Crippen molar-refractivity contribution in [2.24, 2.45) is 0 Å². The minimum atomic E-state index is -0.833. The molecule has 16 nitrogen and oxygen atoms in total. The molecule has 4 N–H and O–H groups in total. The molecule has 1 fully saturated rings. The molecule has 4 heterocycles. The summed E-state index contributed by atoms with van der Waals surface area (Å²) < 4.78 is 24.1. The third-order valence-corrected chi connectivity index (χ3v) is 5.71. The number of aldehydes is 1. The van der Waals surface area contributed by atoms with Gasteiger partial charge in [0.2, 0.25) is 0 Å². The summed E-state index contributed by atoms with van der Waals surface area (Å²) in [5.41, 5.74) is 8.44. The van der Waals surface area contributed by atoms with Gasteiger partial charge in [0, 0.05) is 57.9 Å². The van der Waals surface area contributed by atoms with E-state index in [2.05, 4.69) is 21.4 Å². The van der Waals surface area contributed by atoms with Crippen LogP contribution in [0.5, 0.6) is 5.75 Å². The molecule has 2 atom stereocenters. The number of carbonyl (C=O) groups is 4. The van der Waals surface area contributed by atoms with Crippen molar-refractivity contribution in [1.29, 1.82) is 5.26 Å². The summed E-state index contributed by atoms with van der Waals surface area (Å²) in [5, 5.41) is 26.2. The third-order valence-electron chi connectivity index (χ3n) is 5.71. The van der Waals surface area contributed by atoms with E-state index in [0.717, 1.165) is 37.9 Å². The van der Waals surface area contributed by atoms with Gasteiger partial charge in [-0.3, -0.25) is 19.0 Å². The second-order valence-electron chi connectivity index (χ2n) is 9.00. The fourth-order valence-corrected chi connectivity index (χ4v) is 4.10. The smallest absolute Gasteiger partial charge is 0.418 e. The molecule has 242 valence electrons. The van der Waals surface area contributed by atoms with E-state index in [1.54, 1.807) is 36.9 Å². The first-order valence-corrected chi connectivity index (χ1v) is 13.1. The Labute approximate surface area is 258 Å². The Hall–Kier alpha value is -5.53. The number of nitrogen functional groups attached to an aromatic ring is 1. The summed E-state index contributed by atoms with van der Waals surface area (Å²) >= 11 is 0. The second-order valence-corrected chi connectivity index (χ2v) is 9.00. The van der Waals surface area contributed by atoms with Gasteiger partial charge in [0.05, 0.1) is 24.4 Å². The van der Waals surface area contributed by atoms with E-state index in [9.17, 15) is 9.59 Å². The van der Waals surface area contributed by atoms with Crippen LogP contribution in [0.4, 0.5) is 10.6 Å². The van der Waals surface area contributed by atoms with Crippen LogP contribution >= 0.6 is 0 Å². The van der Waals surface area contributed by atoms with Crippen molar-refractivity contribution >= 4 is 46.6 Å². The summed E-state index contributed by atoms with van der Waals surface area (Å²) in [7, 11) is 4.79. The zero-order chi connectivity index (χ0) is 34.1. The number of hydrogen-bond donors (Lipinski definition) is 3. The number of ether oxygens (including phenoxy) is 4. The molecule has 1 saturated heterocycles. The Morgan fingerprint density at radius 3 is 2.29 bits per heavy atom. The Kier molecular flexibility index (Phi) is 15.7. The lowest BCUT2D eigenvalue weighted by Crippen LogP contribution is -2.21. The van der Waals surface area contributed by atoms with E-state index in [4.69, 9.17) is 45.0 Å². The monoisotopic (exact) mass is 628 g/mol. The summed E-state index contributed by atoms with van der Waals surface area (Å²) in [6.45, 7) is 5.76. The maximum atomic E-state index is 12.8. The van der Waals surface area contributed by atoms with Crippen LogP contribution in [0.15, 0.2) is 42.9 Å². The van der Waals surface area contributed by atoms with Crippen molar-refractivity contribution in [1.82, 2.24) is 19.2 Å². The maximum Gasteiger partial charge on any atom is 0.418 e. The number of fused-ring (bicyclic) bond motifs is 2. The summed E-state index contributed by atoms with van der Waals surface area (Å²) in [6.07, 6.45) is 4.05. The molecule has 0 aliphatic carbocycles. The molecule has 45 heavy (non-hydrogen) atoms. The van der Waals surface area contributed by atoms with Gasteiger partial charge in [-0.2, -0.15) is 5.10 Å².